The predicted octanol–water partition coefficient (Wildman–Crippen LogP) is 3.14. The van der Waals surface area contributed by atoms with Crippen LogP contribution in [0.1, 0.15) is 17.1 Å². The molecule has 1 aliphatic rings. The smallest absolute Gasteiger partial charge is 0.140 e. The van der Waals surface area contributed by atoms with E-state index in [9.17, 15) is 8.78 Å². The fourth-order valence-electron chi connectivity index (χ4n) is 3.28. The topological polar surface area (TPSA) is 54.0 Å². The zero-order valence-electron chi connectivity index (χ0n) is 14.5. The second kappa shape index (κ2) is 7.09. The molecular formula is C19H20F2N4O. The quantitative estimate of drug-likeness (QED) is 0.761. The normalized spacial score (nSPS) is 20.9. The van der Waals surface area contributed by atoms with Gasteiger partial charge in [0.1, 0.15) is 30.5 Å². The molecule has 1 fully saturated rings. The summed E-state index contributed by atoms with van der Waals surface area (Å²) in [4.78, 5) is 13.7. The summed E-state index contributed by atoms with van der Waals surface area (Å²) in [6.45, 7) is 3.61. The van der Waals surface area contributed by atoms with Crippen LogP contribution in [0.15, 0.2) is 36.5 Å². The van der Waals surface area contributed by atoms with Gasteiger partial charge in [0.2, 0.25) is 0 Å². The molecule has 3 aromatic rings. The molecule has 136 valence electrons. The van der Waals surface area contributed by atoms with Crippen molar-refractivity contribution in [3.05, 3.63) is 59.4 Å². The van der Waals surface area contributed by atoms with Crippen molar-refractivity contribution in [3.63, 3.8) is 0 Å². The summed E-state index contributed by atoms with van der Waals surface area (Å²) in [5.74, 6) is 0.241. The minimum Gasteiger partial charge on any atom is -0.366 e. The number of alkyl halides is 1. The number of nitrogens with zero attached hydrogens (tertiary/aromatic N) is 3. The number of nitrogens with one attached hydrogen (secondary N) is 1. The Hall–Kier alpha value is -2.38. The van der Waals surface area contributed by atoms with Crippen LogP contribution in [-0.2, 0) is 17.9 Å². The molecule has 0 bridgehead atoms. The molecule has 0 aliphatic carbocycles. The van der Waals surface area contributed by atoms with E-state index in [2.05, 4.69) is 15.0 Å². The lowest BCUT2D eigenvalue weighted by Gasteiger charge is -2.16. The van der Waals surface area contributed by atoms with Crippen LogP contribution in [0.3, 0.4) is 0 Å². The number of hydrogen-bond acceptors (Lipinski definition) is 4. The van der Waals surface area contributed by atoms with Gasteiger partial charge in [-0.3, -0.25) is 9.88 Å². The number of aryl methyl sites for hydroxylation is 1. The molecular weight excluding hydrogens is 338 g/mol. The number of ether oxygens (including phenoxy) is 1. The van der Waals surface area contributed by atoms with Gasteiger partial charge in [0, 0.05) is 25.8 Å². The number of aromatic nitrogens is 3. The maximum atomic E-state index is 14.3. The number of imidazole rings is 1. The number of pyridine rings is 1. The molecule has 0 amide bonds. The Labute approximate surface area is 150 Å². The van der Waals surface area contributed by atoms with E-state index in [0.717, 1.165) is 11.3 Å². The lowest BCUT2D eigenvalue weighted by atomic mass is 10.2. The number of rotatable bonds is 5. The first-order valence-corrected chi connectivity index (χ1v) is 8.61. The van der Waals surface area contributed by atoms with Crippen molar-refractivity contribution in [1.82, 2.24) is 19.9 Å². The Balaban J connectivity index is 1.36. The molecule has 2 aromatic heterocycles. The summed E-state index contributed by atoms with van der Waals surface area (Å²) in [5, 5.41) is 0. The van der Waals surface area contributed by atoms with Crippen LogP contribution in [-0.4, -0.2) is 45.2 Å². The van der Waals surface area contributed by atoms with Gasteiger partial charge >= 0.3 is 0 Å². The molecule has 1 aromatic carbocycles. The van der Waals surface area contributed by atoms with Gasteiger partial charge in [0.05, 0.1) is 16.7 Å². The summed E-state index contributed by atoms with van der Waals surface area (Å²) >= 11 is 0. The molecule has 1 aliphatic heterocycles. The van der Waals surface area contributed by atoms with E-state index in [4.69, 9.17) is 4.74 Å². The number of likely N-dealkylation sites (tertiary alicyclic amines) is 1. The van der Waals surface area contributed by atoms with Gasteiger partial charge in [-0.2, -0.15) is 0 Å². The number of fused-ring (bicyclic) bond motifs is 1. The molecule has 4 rings (SSSR count). The molecule has 26 heavy (non-hydrogen) atoms. The van der Waals surface area contributed by atoms with E-state index in [1.807, 2.05) is 24.0 Å². The van der Waals surface area contributed by atoms with E-state index < -0.39 is 12.3 Å². The largest absolute Gasteiger partial charge is 0.366 e. The molecule has 3 heterocycles. The molecule has 5 nitrogen and oxygen atoms in total. The first-order valence-electron chi connectivity index (χ1n) is 8.61. The Morgan fingerprint density at radius 3 is 3.04 bits per heavy atom. The van der Waals surface area contributed by atoms with Crippen molar-refractivity contribution in [3.8, 4) is 0 Å². The average molecular weight is 358 g/mol. The Morgan fingerprint density at radius 2 is 2.19 bits per heavy atom. The summed E-state index contributed by atoms with van der Waals surface area (Å²) < 4.78 is 33.3. The van der Waals surface area contributed by atoms with Gasteiger partial charge in [0.15, 0.2) is 0 Å². The van der Waals surface area contributed by atoms with Crippen LogP contribution < -0.4 is 0 Å². The van der Waals surface area contributed by atoms with Crippen LogP contribution in [0, 0.1) is 12.7 Å². The highest BCUT2D eigenvalue weighted by Crippen LogP contribution is 2.21. The minimum atomic E-state index is -1.05. The lowest BCUT2D eigenvalue weighted by molar-refractivity contribution is 0.00861. The maximum Gasteiger partial charge on any atom is 0.140 e. The summed E-state index contributed by atoms with van der Waals surface area (Å²) in [6.07, 6.45) is 0.189. The van der Waals surface area contributed by atoms with Crippen molar-refractivity contribution in [2.45, 2.75) is 32.4 Å². The van der Waals surface area contributed by atoms with Gasteiger partial charge < -0.3 is 9.72 Å². The third kappa shape index (κ3) is 3.59. The van der Waals surface area contributed by atoms with Crippen LogP contribution in [0.25, 0.3) is 11.0 Å². The fourth-order valence-corrected chi connectivity index (χ4v) is 3.28. The van der Waals surface area contributed by atoms with Gasteiger partial charge in [-0.05, 0) is 36.8 Å². The maximum absolute atomic E-state index is 14.3. The Morgan fingerprint density at radius 1 is 1.31 bits per heavy atom. The SMILES string of the molecule is Cc1cccnc1CN1CC(F)C(OCc2nc3ccc(F)cc3[nH]2)C1. The zero-order chi connectivity index (χ0) is 18.1. The number of halogens is 2. The second-order valence-corrected chi connectivity index (χ2v) is 6.67. The number of H-pyrrole nitrogens is 1. The van der Waals surface area contributed by atoms with E-state index >= 15 is 0 Å². The third-order valence-electron chi connectivity index (χ3n) is 4.69. The Bertz CT molecular complexity index is 913. The number of benzene rings is 1. The van der Waals surface area contributed by atoms with Gasteiger partial charge in [0.25, 0.3) is 0 Å². The monoisotopic (exact) mass is 358 g/mol. The summed E-state index contributed by atoms with van der Waals surface area (Å²) in [5.41, 5.74) is 3.33. The van der Waals surface area contributed by atoms with Crippen LogP contribution in [0.2, 0.25) is 0 Å². The summed E-state index contributed by atoms with van der Waals surface area (Å²) in [6, 6.07) is 8.25. The van der Waals surface area contributed by atoms with Gasteiger partial charge in [-0.1, -0.05) is 6.07 Å². The standard InChI is InChI=1S/C19H20F2N4O/c1-12-3-2-6-22-17(12)9-25-8-14(21)18(10-25)26-11-19-23-15-5-4-13(20)7-16(15)24-19/h2-7,14,18H,8-11H2,1H3,(H,23,24). The first kappa shape index (κ1) is 17.1. The van der Waals surface area contributed by atoms with Crippen LogP contribution in [0.4, 0.5) is 8.78 Å². The molecule has 2 unspecified atom stereocenters. The van der Waals surface area contributed by atoms with Crippen LogP contribution >= 0.6 is 0 Å². The summed E-state index contributed by atoms with van der Waals surface area (Å²) in [7, 11) is 0. The molecule has 0 spiro atoms. The highest BCUT2D eigenvalue weighted by atomic mass is 19.1. The van der Waals surface area contributed by atoms with Crippen molar-refractivity contribution in [1.29, 1.82) is 0 Å². The molecule has 2 atom stereocenters. The molecule has 1 N–H and O–H groups in total. The zero-order valence-corrected chi connectivity index (χ0v) is 14.5. The Kier molecular flexibility index (Phi) is 4.65. The third-order valence-corrected chi connectivity index (χ3v) is 4.69. The highest BCUT2D eigenvalue weighted by Gasteiger charge is 2.34. The van der Waals surface area contributed by atoms with Crippen molar-refractivity contribution < 1.29 is 13.5 Å². The van der Waals surface area contributed by atoms with Crippen LogP contribution in [0.5, 0.6) is 0 Å². The lowest BCUT2D eigenvalue weighted by Crippen LogP contribution is -2.25. The van der Waals surface area contributed by atoms with E-state index in [1.165, 1.54) is 12.1 Å². The highest BCUT2D eigenvalue weighted by molar-refractivity contribution is 5.74. The van der Waals surface area contributed by atoms with Crippen molar-refractivity contribution in [2.24, 2.45) is 0 Å². The number of hydrogen-bond donors (Lipinski definition) is 1. The predicted molar refractivity (Wildman–Crippen MR) is 93.8 cm³/mol. The molecule has 7 heteroatoms. The number of aromatic amines is 1. The van der Waals surface area contributed by atoms with Crippen molar-refractivity contribution in [2.75, 3.05) is 13.1 Å². The molecule has 0 radical (unpaired) electrons. The average Bonchev–Trinajstić information content (AvgIpc) is 3.17. The second-order valence-electron chi connectivity index (χ2n) is 6.67. The van der Waals surface area contributed by atoms with E-state index in [0.29, 0.717) is 36.5 Å². The van der Waals surface area contributed by atoms with E-state index in [1.54, 1.807) is 12.3 Å². The van der Waals surface area contributed by atoms with Gasteiger partial charge in [-0.15, -0.1) is 0 Å². The molecule has 1 saturated heterocycles. The minimum absolute atomic E-state index is 0.165. The first-order chi connectivity index (χ1) is 12.6. The molecule has 0 saturated carbocycles. The van der Waals surface area contributed by atoms with E-state index in [-0.39, 0.29) is 12.4 Å². The van der Waals surface area contributed by atoms with Gasteiger partial charge in [-0.25, -0.2) is 13.8 Å². The fraction of sp³-hybridized carbons (Fsp3) is 0.368. The van der Waals surface area contributed by atoms with Crippen molar-refractivity contribution >= 4 is 11.0 Å².